The van der Waals surface area contributed by atoms with E-state index < -0.39 is 0 Å². The minimum atomic E-state index is -0.313. The van der Waals surface area contributed by atoms with Crippen molar-refractivity contribution < 1.29 is 9.13 Å². The van der Waals surface area contributed by atoms with Gasteiger partial charge in [0.25, 0.3) is 0 Å². The van der Waals surface area contributed by atoms with E-state index in [2.05, 4.69) is 15.3 Å². The predicted molar refractivity (Wildman–Crippen MR) is 80.1 cm³/mol. The van der Waals surface area contributed by atoms with Crippen molar-refractivity contribution in [1.29, 1.82) is 0 Å². The van der Waals surface area contributed by atoms with Gasteiger partial charge in [-0.25, -0.2) is 14.4 Å². The number of nitrogens with one attached hydrogen (secondary N) is 1. The maximum atomic E-state index is 13.9. The second kappa shape index (κ2) is 7.33. The van der Waals surface area contributed by atoms with E-state index >= 15 is 0 Å². The fraction of sp³-hybridized carbons (Fsp3) is 0.333. The summed E-state index contributed by atoms with van der Waals surface area (Å²) in [5.41, 5.74) is 1.21. The summed E-state index contributed by atoms with van der Waals surface area (Å²) in [4.78, 5) is 8.22. The van der Waals surface area contributed by atoms with Crippen LogP contribution in [-0.4, -0.2) is 23.6 Å². The molecule has 21 heavy (non-hydrogen) atoms. The first kappa shape index (κ1) is 15.7. The highest BCUT2D eigenvalue weighted by Gasteiger charge is 2.18. The van der Waals surface area contributed by atoms with Crippen LogP contribution < -0.4 is 10.1 Å². The van der Waals surface area contributed by atoms with Crippen molar-refractivity contribution in [2.75, 3.05) is 13.7 Å². The maximum Gasteiger partial charge on any atom is 0.216 e. The third kappa shape index (κ3) is 3.89. The van der Waals surface area contributed by atoms with E-state index in [0.717, 1.165) is 12.2 Å². The van der Waals surface area contributed by atoms with E-state index in [1.54, 1.807) is 25.3 Å². The fourth-order valence-electron chi connectivity index (χ4n) is 2.11. The number of methoxy groups -OCH3 is 1. The van der Waals surface area contributed by atoms with Gasteiger partial charge in [-0.2, -0.15) is 0 Å². The monoisotopic (exact) mass is 309 g/mol. The Morgan fingerprint density at radius 1 is 1.38 bits per heavy atom. The van der Waals surface area contributed by atoms with Crippen LogP contribution in [0.15, 0.2) is 30.6 Å². The summed E-state index contributed by atoms with van der Waals surface area (Å²) in [6.45, 7) is 2.71. The number of rotatable bonds is 6. The molecule has 1 atom stereocenters. The van der Waals surface area contributed by atoms with Crippen LogP contribution >= 0.6 is 11.6 Å². The number of benzene rings is 1. The Labute approximate surface area is 128 Å². The van der Waals surface area contributed by atoms with Crippen LogP contribution in [-0.2, 0) is 6.42 Å². The van der Waals surface area contributed by atoms with Crippen molar-refractivity contribution in [2.45, 2.75) is 19.4 Å². The third-order valence-corrected chi connectivity index (χ3v) is 3.50. The molecule has 6 heteroatoms. The van der Waals surface area contributed by atoms with Gasteiger partial charge in [-0.1, -0.05) is 24.6 Å². The smallest absolute Gasteiger partial charge is 0.216 e. The topological polar surface area (TPSA) is 47.0 Å². The van der Waals surface area contributed by atoms with Gasteiger partial charge >= 0.3 is 0 Å². The van der Waals surface area contributed by atoms with Gasteiger partial charge in [0, 0.05) is 16.7 Å². The Morgan fingerprint density at radius 2 is 2.19 bits per heavy atom. The van der Waals surface area contributed by atoms with Gasteiger partial charge < -0.3 is 10.1 Å². The van der Waals surface area contributed by atoms with E-state index in [0.29, 0.717) is 22.9 Å². The van der Waals surface area contributed by atoms with Crippen LogP contribution in [0.2, 0.25) is 5.02 Å². The summed E-state index contributed by atoms with van der Waals surface area (Å²) < 4.78 is 19.0. The second-order valence-corrected chi connectivity index (χ2v) is 4.91. The average molecular weight is 310 g/mol. The molecule has 0 aliphatic rings. The number of ether oxygens (including phenoxy) is 1. The SMILES string of the molecule is CCNC(Cc1c(F)cccc1Cl)c1cc(OC)ncn1. The quantitative estimate of drug-likeness (QED) is 0.890. The summed E-state index contributed by atoms with van der Waals surface area (Å²) in [6.07, 6.45) is 1.83. The molecule has 0 fully saturated rings. The summed E-state index contributed by atoms with van der Waals surface area (Å²) >= 11 is 6.09. The Hall–Kier alpha value is -1.72. The standard InChI is InChI=1S/C15H17ClFN3O/c1-3-18-13(14-8-15(21-2)20-9-19-14)7-10-11(16)5-4-6-12(10)17/h4-6,8-9,13,18H,3,7H2,1-2H3. The third-order valence-electron chi connectivity index (χ3n) is 3.15. The zero-order chi connectivity index (χ0) is 15.2. The lowest BCUT2D eigenvalue weighted by molar-refractivity contribution is 0.393. The van der Waals surface area contributed by atoms with Crippen molar-refractivity contribution in [1.82, 2.24) is 15.3 Å². The number of aromatic nitrogens is 2. The van der Waals surface area contributed by atoms with E-state index in [9.17, 15) is 4.39 Å². The summed E-state index contributed by atoms with van der Waals surface area (Å²) in [7, 11) is 1.54. The van der Waals surface area contributed by atoms with Crippen molar-refractivity contribution in [3.63, 3.8) is 0 Å². The molecule has 0 amide bonds. The van der Waals surface area contributed by atoms with Crippen molar-refractivity contribution in [2.24, 2.45) is 0 Å². The average Bonchev–Trinajstić information content (AvgIpc) is 2.50. The minimum absolute atomic E-state index is 0.165. The highest BCUT2D eigenvalue weighted by atomic mass is 35.5. The zero-order valence-corrected chi connectivity index (χ0v) is 12.7. The zero-order valence-electron chi connectivity index (χ0n) is 11.9. The van der Waals surface area contributed by atoms with Crippen LogP contribution in [0, 0.1) is 5.82 Å². The first-order chi connectivity index (χ1) is 10.2. The van der Waals surface area contributed by atoms with Crippen molar-refractivity contribution in [3.05, 3.63) is 52.7 Å². The van der Waals surface area contributed by atoms with Crippen molar-refractivity contribution in [3.8, 4) is 5.88 Å². The molecule has 0 saturated carbocycles. The van der Waals surface area contributed by atoms with Gasteiger partial charge in [-0.15, -0.1) is 0 Å². The molecule has 1 aromatic carbocycles. The Balaban J connectivity index is 2.30. The van der Waals surface area contributed by atoms with Crippen LogP contribution in [0.5, 0.6) is 5.88 Å². The largest absolute Gasteiger partial charge is 0.481 e. The molecule has 0 radical (unpaired) electrons. The molecule has 1 heterocycles. The lowest BCUT2D eigenvalue weighted by Crippen LogP contribution is -2.24. The number of hydrogen-bond donors (Lipinski definition) is 1. The molecule has 0 saturated heterocycles. The molecule has 112 valence electrons. The van der Waals surface area contributed by atoms with Gasteiger partial charge in [0.2, 0.25) is 5.88 Å². The molecule has 4 nitrogen and oxygen atoms in total. The highest BCUT2D eigenvalue weighted by Crippen LogP contribution is 2.25. The van der Waals surface area contributed by atoms with Crippen LogP contribution in [0.3, 0.4) is 0 Å². The Morgan fingerprint density at radius 3 is 2.86 bits per heavy atom. The van der Waals surface area contributed by atoms with E-state index in [-0.39, 0.29) is 11.9 Å². The molecule has 0 bridgehead atoms. The number of halogens is 2. The minimum Gasteiger partial charge on any atom is -0.481 e. The van der Waals surface area contributed by atoms with Crippen LogP contribution in [0.4, 0.5) is 4.39 Å². The van der Waals surface area contributed by atoms with E-state index in [1.165, 1.54) is 12.4 Å². The first-order valence-electron chi connectivity index (χ1n) is 6.68. The summed E-state index contributed by atoms with van der Waals surface area (Å²) in [5, 5.41) is 3.70. The van der Waals surface area contributed by atoms with Crippen LogP contribution in [0.25, 0.3) is 0 Å². The molecular formula is C15H17ClFN3O. The molecule has 0 aliphatic heterocycles. The first-order valence-corrected chi connectivity index (χ1v) is 7.05. The normalized spacial score (nSPS) is 12.2. The molecular weight excluding hydrogens is 293 g/mol. The summed E-state index contributed by atoms with van der Waals surface area (Å²) in [5.74, 6) is 0.161. The molecule has 0 spiro atoms. The Bertz CT molecular complexity index is 589. The second-order valence-electron chi connectivity index (χ2n) is 4.50. The van der Waals surface area contributed by atoms with Gasteiger partial charge in [0.15, 0.2) is 0 Å². The lowest BCUT2D eigenvalue weighted by atomic mass is 10.0. The lowest BCUT2D eigenvalue weighted by Gasteiger charge is -2.18. The van der Waals surface area contributed by atoms with Gasteiger partial charge in [0.1, 0.15) is 12.1 Å². The predicted octanol–water partition coefficient (Wildman–Crippen LogP) is 3.17. The van der Waals surface area contributed by atoms with E-state index in [1.807, 2.05) is 6.92 Å². The van der Waals surface area contributed by atoms with Crippen LogP contribution in [0.1, 0.15) is 24.2 Å². The summed E-state index contributed by atoms with van der Waals surface area (Å²) in [6, 6.07) is 6.26. The Kier molecular flexibility index (Phi) is 5.47. The fourth-order valence-corrected chi connectivity index (χ4v) is 2.36. The number of hydrogen-bond acceptors (Lipinski definition) is 4. The molecule has 0 aliphatic carbocycles. The molecule has 1 aromatic heterocycles. The van der Waals surface area contributed by atoms with Crippen molar-refractivity contribution >= 4 is 11.6 Å². The molecule has 1 N–H and O–H groups in total. The van der Waals surface area contributed by atoms with Gasteiger partial charge in [-0.3, -0.25) is 0 Å². The highest BCUT2D eigenvalue weighted by molar-refractivity contribution is 6.31. The number of nitrogens with zero attached hydrogens (tertiary/aromatic N) is 2. The molecule has 2 aromatic rings. The number of likely N-dealkylation sites (N-methyl/N-ethyl adjacent to an activating group) is 1. The molecule has 2 rings (SSSR count). The van der Waals surface area contributed by atoms with Gasteiger partial charge in [-0.05, 0) is 25.1 Å². The van der Waals surface area contributed by atoms with E-state index in [4.69, 9.17) is 16.3 Å². The maximum absolute atomic E-state index is 13.9. The van der Waals surface area contributed by atoms with Gasteiger partial charge in [0.05, 0.1) is 18.8 Å². The molecule has 1 unspecified atom stereocenters.